The van der Waals surface area contributed by atoms with Crippen LogP contribution in [-0.2, 0) is 9.57 Å². The number of nitrogens with zero attached hydrogens (tertiary/aromatic N) is 1. The van der Waals surface area contributed by atoms with Crippen LogP contribution in [0.15, 0.2) is 0 Å². The molecule has 17 heavy (non-hydrogen) atoms. The second-order valence-electron chi connectivity index (χ2n) is 5.37. The molecule has 0 spiro atoms. The first-order valence-corrected chi connectivity index (χ1v) is 6.20. The molecule has 100 valence electrons. The normalized spacial score (nSPS) is 21.1. The summed E-state index contributed by atoms with van der Waals surface area (Å²) in [6, 6.07) is 0.302. The van der Waals surface area contributed by atoms with Crippen LogP contribution in [0.2, 0.25) is 0 Å². The molecule has 0 aromatic heterocycles. The smallest absolute Gasteiger partial charge is 0.434 e. The van der Waals surface area contributed by atoms with E-state index >= 15 is 0 Å². The van der Waals surface area contributed by atoms with Crippen LogP contribution in [0.5, 0.6) is 0 Å². The van der Waals surface area contributed by atoms with Gasteiger partial charge in [0.15, 0.2) is 0 Å². The summed E-state index contributed by atoms with van der Waals surface area (Å²) in [7, 11) is 1.49. The van der Waals surface area contributed by atoms with Crippen LogP contribution in [0, 0.1) is 0 Å². The number of rotatable bonds is 3. The predicted molar refractivity (Wildman–Crippen MR) is 65.6 cm³/mol. The number of hydrogen-bond donors (Lipinski definition) is 1. The van der Waals surface area contributed by atoms with Gasteiger partial charge in [-0.15, -0.1) is 0 Å². The highest BCUT2D eigenvalue weighted by molar-refractivity contribution is 5.66. The van der Waals surface area contributed by atoms with Gasteiger partial charge in [-0.2, -0.15) is 5.06 Å². The average Bonchev–Trinajstić information content (AvgIpc) is 2.24. The van der Waals surface area contributed by atoms with Crippen molar-refractivity contribution in [3.63, 3.8) is 0 Å². The molecular weight excluding hydrogens is 220 g/mol. The quantitative estimate of drug-likeness (QED) is 0.771. The molecule has 0 aliphatic carbocycles. The van der Waals surface area contributed by atoms with Crippen molar-refractivity contribution in [1.82, 2.24) is 10.4 Å². The molecule has 1 aliphatic heterocycles. The van der Waals surface area contributed by atoms with Gasteiger partial charge in [0.05, 0.1) is 13.7 Å². The molecule has 1 unspecified atom stereocenters. The SMILES string of the molecule is CON(CC1CCCCN1)C(=O)OC(C)(C)C. The Kier molecular flexibility index (Phi) is 5.21. The maximum absolute atomic E-state index is 11.8. The molecule has 1 atom stereocenters. The number of ether oxygens (including phenoxy) is 1. The number of carbonyl (C=O) groups excluding carboxylic acids is 1. The van der Waals surface area contributed by atoms with E-state index in [1.54, 1.807) is 0 Å². The van der Waals surface area contributed by atoms with E-state index < -0.39 is 11.7 Å². The second kappa shape index (κ2) is 6.21. The van der Waals surface area contributed by atoms with E-state index in [0.717, 1.165) is 13.0 Å². The third-order valence-electron chi connectivity index (χ3n) is 2.62. The Morgan fingerprint density at radius 3 is 2.59 bits per heavy atom. The van der Waals surface area contributed by atoms with Crippen LogP contribution >= 0.6 is 0 Å². The number of amides is 1. The molecule has 1 heterocycles. The van der Waals surface area contributed by atoms with Crippen LogP contribution in [-0.4, -0.2) is 43.0 Å². The lowest BCUT2D eigenvalue weighted by molar-refractivity contribution is -0.128. The minimum atomic E-state index is -0.492. The van der Waals surface area contributed by atoms with Gasteiger partial charge in [0.25, 0.3) is 0 Å². The summed E-state index contributed by atoms with van der Waals surface area (Å²) < 4.78 is 5.27. The van der Waals surface area contributed by atoms with Crippen molar-refractivity contribution in [3.05, 3.63) is 0 Å². The first-order chi connectivity index (χ1) is 7.92. The molecule has 1 amide bonds. The Labute approximate surface area is 103 Å². The van der Waals surface area contributed by atoms with Crippen LogP contribution in [0.4, 0.5) is 4.79 Å². The molecule has 0 radical (unpaired) electrons. The summed E-state index contributed by atoms with van der Waals surface area (Å²) >= 11 is 0. The zero-order chi connectivity index (χ0) is 12.9. The number of carbonyl (C=O) groups is 1. The highest BCUT2D eigenvalue weighted by Crippen LogP contribution is 2.13. The number of hydroxylamine groups is 2. The van der Waals surface area contributed by atoms with Crippen molar-refractivity contribution < 1.29 is 14.4 Å². The third kappa shape index (κ3) is 5.37. The predicted octanol–water partition coefficient (Wildman–Crippen LogP) is 1.93. The third-order valence-corrected chi connectivity index (χ3v) is 2.62. The second-order valence-corrected chi connectivity index (χ2v) is 5.37. The average molecular weight is 244 g/mol. The van der Waals surface area contributed by atoms with Crippen molar-refractivity contribution in [2.45, 2.75) is 51.7 Å². The number of nitrogens with one attached hydrogen (secondary N) is 1. The van der Waals surface area contributed by atoms with E-state index in [4.69, 9.17) is 9.57 Å². The summed E-state index contributed by atoms with van der Waals surface area (Å²) in [5.41, 5.74) is -0.492. The van der Waals surface area contributed by atoms with Crippen molar-refractivity contribution in [3.8, 4) is 0 Å². The molecule has 1 aliphatic rings. The molecule has 0 aromatic rings. The van der Waals surface area contributed by atoms with Crippen LogP contribution < -0.4 is 5.32 Å². The van der Waals surface area contributed by atoms with Gasteiger partial charge in [0.2, 0.25) is 0 Å². The van der Waals surface area contributed by atoms with Gasteiger partial charge >= 0.3 is 6.09 Å². The summed E-state index contributed by atoms with van der Waals surface area (Å²) in [5, 5.41) is 4.66. The number of hydrogen-bond acceptors (Lipinski definition) is 4. The van der Waals surface area contributed by atoms with Crippen LogP contribution in [0.25, 0.3) is 0 Å². The molecular formula is C12H24N2O3. The maximum Gasteiger partial charge on any atom is 0.434 e. The lowest BCUT2D eigenvalue weighted by Crippen LogP contribution is -2.46. The minimum Gasteiger partial charge on any atom is -0.442 e. The Bertz CT molecular complexity index is 245. The van der Waals surface area contributed by atoms with Gasteiger partial charge in [0.1, 0.15) is 5.60 Å². The van der Waals surface area contributed by atoms with Crippen molar-refractivity contribution in [2.24, 2.45) is 0 Å². The van der Waals surface area contributed by atoms with Gasteiger partial charge < -0.3 is 10.1 Å². The molecule has 5 heteroatoms. The Morgan fingerprint density at radius 1 is 1.41 bits per heavy atom. The molecule has 0 bridgehead atoms. The van der Waals surface area contributed by atoms with Crippen LogP contribution in [0.1, 0.15) is 40.0 Å². The summed E-state index contributed by atoms with van der Waals surface area (Å²) in [5.74, 6) is 0. The van der Waals surface area contributed by atoms with Crippen LogP contribution in [0.3, 0.4) is 0 Å². The van der Waals surface area contributed by atoms with Gasteiger partial charge in [-0.25, -0.2) is 4.79 Å². The molecule has 1 N–H and O–H groups in total. The Balaban J connectivity index is 2.43. The van der Waals surface area contributed by atoms with E-state index in [-0.39, 0.29) is 0 Å². The Hall–Kier alpha value is -0.810. The Morgan fingerprint density at radius 2 is 2.12 bits per heavy atom. The van der Waals surface area contributed by atoms with Crippen molar-refractivity contribution in [2.75, 3.05) is 20.2 Å². The van der Waals surface area contributed by atoms with Gasteiger partial charge in [-0.05, 0) is 40.2 Å². The molecule has 1 saturated heterocycles. The van der Waals surface area contributed by atoms with Gasteiger partial charge in [-0.3, -0.25) is 4.84 Å². The van der Waals surface area contributed by atoms with Crippen molar-refractivity contribution in [1.29, 1.82) is 0 Å². The summed E-state index contributed by atoms with van der Waals surface area (Å²) in [4.78, 5) is 16.9. The van der Waals surface area contributed by atoms with Crippen molar-refractivity contribution >= 4 is 6.09 Å². The molecule has 0 saturated carbocycles. The minimum absolute atomic E-state index is 0.302. The van der Waals surface area contributed by atoms with E-state index in [9.17, 15) is 4.79 Å². The standard InChI is InChI=1S/C12H24N2O3/c1-12(2,3)17-11(15)14(16-4)9-10-7-5-6-8-13-10/h10,13H,5-9H2,1-4H3. The summed E-state index contributed by atoms with van der Waals surface area (Å²) in [6.07, 6.45) is 3.05. The lowest BCUT2D eigenvalue weighted by Gasteiger charge is -2.30. The summed E-state index contributed by atoms with van der Waals surface area (Å²) in [6.45, 7) is 7.08. The lowest BCUT2D eigenvalue weighted by atomic mass is 10.1. The molecule has 0 aromatic carbocycles. The largest absolute Gasteiger partial charge is 0.442 e. The maximum atomic E-state index is 11.8. The monoisotopic (exact) mass is 244 g/mol. The van der Waals surface area contributed by atoms with E-state index in [0.29, 0.717) is 12.6 Å². The van der Waals surface area contributed by atoms with E-state index in [1.165, 1.54) is 25.0 Å². The number of piperidine rings is 1. The molecule has 5 nitrogen and oxygen atoms in total. The molecule has 1 fully saturated rings. The van der Waals surface area contributed by atoms with Gasteiger partial charge in [0, 0.05) is 6.04 Å². The highest BCUT2D eigenvalue weighted by Gasteiger charge is 2.25. The zero-order valence-corrected chi connectivity index (χ0v) is 11.3. The highest BCUT2D eigenvalue weighted by atomic mass is 16.7. The molecule has 1 rings (SSSR count). The van der Waals surface area contributed by atoms with Gasteiger partial charge in [-0.1, -0.05) is 6.42 Å². The zero-order valence-electron chi connectivity index (χ0n) is 11.3. The first-order valence-electron chi connectivity index (χ1n) is 6.20. The van der Waals surface area contributed by atoms with E-state index in [2.05, 4.69) is 5.32 Å². The topological polar surface area (TPSA) is 50.8 Å². The fourth-order valence-electron chi connectivity index (χ4n) is 1.82. The first kappa shape index (κ1) is 14.3. The fraction of sp³-hybridized carbons (Fsp3) is 0.917. The van der Waals surface area contributed by atoms with E-state index in [1.807, 2.05) is 20.8 Å². The fourth-order valence-corrected chi connectivity index (χ4v) is 1.82.